The van der Waals surface area contributed by atoms with Crippen LogP contribution in [-0.4, -0.2) is 15.6 Å². The molecule has 0 bridgehead atoms. The predicted molar refractivity (Wildman–Crippen MR) is 120 cm³/mol. The van der Waals surface area contributed by atoms with Gasteiger partial charge in [-0.05, 0) is 66.1 Å². The van der Waals surface area contributed by atoms with E-state index < -0.39 is 5.97 Å². The number of aliphatic carboxylic acids is 1. The molecule has 31 heavy (non-hydrogen) atoms. The molecule has 1 saturated carbocycles. The van der Waals surface area contributed by atoms with Gasteiger partial charge in [-0.15, -0.1) is 0 Å². The summed E-state index contributed by atoms with van der Waals surface area (Å²) in [5.74, 6) is 0.176. The van der Waals surface area contributed by atoms with Crippen molar-refractivity contribution in [1.29, 1.82) is 0 Å². The van der Waals surface area contributed by atoms with Crippen molar-refractivity contribution in [2.75, 3.05) is 0 Å². The highest BCUT2D eigenvalue weighted by molar-refractivity contribution is 5.85. The molecule has 1 fully saturated rings. The Hall–Kier alpha value is -2.82. The normalized spacial score (nSPS) is 14.8. The molecule has 2 aromatic carbocycles. The van der Waals surface area contributed by atoms with E-state index in [2.05, 4.69) is 6.92 Å². The minimum atomic E-state index is -0.804. The average Bonchev–Trinajstić information content (AvgIpc) is 3.19. The number of carboxylic acids is 1. The van der Waals surface area contributed by atoms with Gasteiger partial charge in [-0.25, -0.2) is 4.39 Å². The van der Waals surface area contributed by atoms with Gasteiger partial charge in [-0.2, -0.15) is 0 Å². The summed E-state index contributed by atoms with van der Waals surface area (Å²) in [6.45, 7) is 2.83. The molecular weight excluding hydrogens is 393 g/mol. The van der Waals surface area contributed by atoms with E-state index in [-0.39, 0.29) is 12.2 Å². The standard InChI is InChI=1S/C26H30FNO3/c1-2-19-15-22(16-21-10-12-28(26(19)21)13-11-25(29)30)31-17-18-8-9-23(24(27)14-18)20-6-4-3-5-7-20/h8-10,12,14-16,20H,2-7,11,13,17H2,1H3,(H,29,30). The maximum absolute atomic E-state index is 14.7. The predicted octanol–water partition coefficient (Wildman–Crippen LogP) is 6.44. The molecule has 0 atom stereocenters. The van der Waals surface area contributed by atoms with Crippen molar-refractivity contribution in [2.24, 2.45) is 0 Å². The first kappa shape index (κ1) is 21.4. The zero-order valence-corrected chi connectivity index (χ0v) is 18.1. The van der Waals surface area contributed by atoms with E-state index in [1.807, 2.05) is 41.1 Å². The minimum absolute atomic E-state index is 0.0909. The van der Waals surface area contributed by atoms with Gasteiger partial charge in [-0.3, -0.25) is 4.79 Å². The Bertz CT molecular complexity index is 1070. The SMILES string of the molecule is CCc1cc(OCc2ccc(C3CCCCC3)c(F)c2)cc2ccn(CCC(=O)O)c12. The van der Waals surface area contributed by atoms with Gasteiger partial charge in [0.15, 0.2) is 0 Å². The monoisotopic (exact) mass is 423 g/mol. The van der Waals surface area contributed by atoms with Gasteiger partial charge in [0, 0.05) is 18.1 Å². The van der Waals surface area contributed by atoms with E-state index in [9.17, 15) is 9.18 Å². The first-order valence-corrected chi connectivity index (χ1v) is 11.3. The van der Waals surface area contributed by atoms with Crippen LogP contribution in [-0.2, 0) is 24.4 Å². The van der Waals surface area contributed by atoms with E-state index >= 15 is 0 Å². The van der Waals surface area contributed by atoms with E-state index in [1.54, 1.807) is 6.07 Å². The third kappa shape index (κ3) is 4.92. The molecule has 4 rings (SSSR count). The largest absolute Gasteiger partial charge is 0.489 e. The highest BCUT2D eigenvalue weighted by atomic mass is 19.1. The highest BCUT2D eigenvalue weighted by Gasteiger charge is 2.19. The van der Waals surface area contributed by atoms with Gasteiger partial charge in [0.25, 0.3) is 0 Å². The van der Waals surface area contributed by atoms with Crippen LogP contribution < -0.4 is 4.74 Å². The molecule has 1 aliphatic rings. The molecule has 1 heterocycles. The van der Waals surface area contributed by atoms with Crippen LogP contribution in [0.15, 0.2) is 42.6 Å². The molecule has 3 aromatic rings. The number of carboxylic acid groups (broad SMARTS) is 1. The number of hydrogen-bond acceptors (Lipinski definition) is 2. The molecule has 0 aliphatic heterocycles. The second-order valence-corrected chi connectivity index (χ2v) is 8.51. The third-order valence-electron chi connectivity index (χ3n) is 6.38. The summed E-state index contributed by atoms with van der Waals surface area (Å²) in [7, 11) is 0. The third-order valence-corrected chi connectivity index (χ3v) is 6.38. The number of hydrogen-bond donors (Lipinski definition) is 1. The van der Waals surface area contributed by atoms with E-state index in [0.717, 1.165) is 52.6 Å². The average molecular weight is 424 g/mol. The molecule has 5 heteroatoms. The molecule has 4 nitrogen and oxygen atoms in total. The topological polar surface area (TPSA) is 51.5 Å². The van der Waals surface area contributed by atoms with Crippen LogP contribution in [0.25, 0.3) is 10.9 Å². The molecular formula is C26H30FNO3. The van der Waals surface area contributed by atoms with Crippen molar-refractivity contribution in [3.63, 3.8) is 0 Å². The molecule has 0 unspecified atom stereocenters. The second-order valence-electron chi connectivity index (χ2n) is 8.51. The summed E-state index contributed by atoms with van der Waals surface area (Å²) >= 11 is 0. The Labute approximate surface area is 182 Å². The summed E-state index contributed by atoms with van der Waals surface area (Å²) in [4.78, 5) is 10.9. The van der Waals surface area contributed by atoms with Crippen molar-refractivity contribution < 1.29 is 19.0 Å². The fourth-order valence-electron chi connectivity index (χ4n) is 4.74. The highest BCUT2D eigenvalue weighted by Crippen LogP contribution is 2.34. The fraction of sp³-hybridized carbons (Fsp3) is 0.423. The van der Waals surface area contributed by atoms with Gasteiger partial charge < -0.3 is 14.4 Å². The lowest BCUT2D eigenvalue weighted by Gasteiger charge is -2.22. The Balaban J connectivity index is 1.48. The number of aryl methyl sites for hydroxylation is 2. The van der Waals surface area contributed by atoms with Crippen molar-refractivity contribution in [3.8, 4) is 5.75 Å². The number of aromatic nitrogens is 1. The summed E-state index contributed by atoms with van der Waals surface area (Å²) in [5, 5.41) is 10.0. The molecule has 0 radical (unpaired) electrons. The molecule has 0 spiro atoms. The number of nitrogens with zero attached hydrogens (tertiary/aromatic N) is 1. The minimum Gasteiger partial charge on any atom is -0.489 e. The van der Waals surface area contributed by atoms with Crippen molar-refractivity contribution in [1.82, 2.24) is 4.57 Å². The molecule has 1 N–H and O–H groups in total. The maximum Gasteiger partial charge on any atom is 0.305 e. The number of halogens is 1. The quantitative estimate of drug-likeness (QED) is 0.453. The fourth-order valence-corrected chi connectivity index (χ4v) is 4.74. The van der Waals surface area contributed by atoms with E-state index in [4.69, 9.17) is 9.84 Å². The van der Waals surface area contributed by atoms with E-state index in [0.29, 0.717) is 19.1 Å². The van der Waals surface area contributed by atoms with Crippen LogP contribution in [0, 0.1) is 5.82 Å². The lowest BCUT2D eigenvalue weighted by Crippen LogP contribution is -2.07. The Morgan fingerprint density at radius 3 is 2.68 bits per heavy atom. The Morgan fingerprint density at radius 2 is 1.97 bits per heavy atom. The van der Waals surface area contributed by atoms with Crippen LogP contribution in [0.1, 0.15) is 68.1 Å². The molecule has 1 aliphatic carbocycles. The summed E-state index contributed by atoms with van der Waals surface area (Å²) in [6.07, 6.45) is 8.64. The van der Waals surface area contributed by atoms with Crippen LogP contribution >= 0.6 is 0 Å². The number of ether oxygens (including phenoxy) is 1. The lowest BCUT2D eigenvalue weighted by molar-refractivity contribution is -0.137. The molecule has 0 saturated heterocycles. The smallest absolute Gasteiger partial charge is 0.305 e. The van der Waals surface area contributed by atoms with Crippen molar-refractivity contribution >= 4 is 16.9 Å². The second kappa shape index (κ2) is 9.54. The van der Waals surface area contributed by atoms with Gasteiger partial charge in [0.2, 0.25) is 0 Å². The Morgan fingerprint density at radius 1 is 1.16 bits per heavy atom. The van der Waals surface area contributed by atoms with Crippen molar-refractivity contribution in [2.45, 2.75) is 70.9 Å². The molecule has 0 amide bonds. The molecule has 1 aromatic heterocycles. The van der Waals surface area contributed by atoms with Gasteiger partial charge in [0.05, 0.1) is 11.9 Å². The first-order valence-electron chi connectivity index (χ1n) is 11.3. The maximum atomic E-state index is 14.7. The van der Waals surface area contributed by atoms with Crippen LogP contribution in [0.5, 0.6) is 5.75 Å². The van der Waals surface area contributed by atoms with Gasteiger partial charge in [-0.1, -0.05) is 38.3 Å². The Kier molecular flexibility index (Phi) is 6.59. The summed E-state index contributed by atoms with van der Waals surface area (Å²) in [5.41, 5.74) is 3.84. The number of carbonyl (C=O) groups is 1. The zero-order valence-electron chi connectivity index (χ0n) is 18.1. The molecule has 164 valence electrons. The van der Waals surface area contributed by atoms with Crippen molar-refractivity contribution in [3.05, 3.63) is 65.1 Å². The lowest BCUT2D eigenvalue weighted by atomic mass is 9.83. The van der Waals surface area contributed by atoms with E-state index in [1.165, 1.54) is 19.3 Å². The summed E-state index contributed by atoms with van der Waals surface area (Å²) < 4.78 is 22.7. The van der Waals surface area contributed by atoms with Gasteiger partial charge >= 0.3 is 5.97 Å². The number of rotatable bonds is 8. The first-order chi connectivity index (χ1) is 15.0. The number of fused-ring (bicyclic) bond motifs is 1. The zero-order chi connectivity index (χ0) is 21.8. The van der Waals surface area contributed by atoms with Crippen LogP contribution in [0.4, 0.5) is 4.39 Å². The van der Waals surface area contributed by atoms with Crippen LogP contribution in [0.3, 0.4) is 0 Å². The van der Waals surface area contributed by atoms with Crippen LogP contribution in [0.2, 0.25) is 0 Å². The number of benzene rings is 2. The summed E-state index contributed by atoms with van der Waals surface area (Å²) in [6, 6.07) is 11.5. The van der Waals surface area contributed by atoms with Gasteiger partial charge in [0.1, 0.15) is 18.2 Å².